The zero-order valence-electron chi connectivity index (χ0n) is 14.2. The molecule has 0 aliphatic carbocycles. The Morgan fingerprint density at radius 2 is 1.88 bits per heavy atom. The van der Waals surface area contributed by atoms with E-state index >= 15 is 0 Å². The highest BCUT2D eigenvalue weighted by Gasteiger charge is 2.19. The van der Waals surface area contributed by atoms with E-state index in [-0.39, 0.29) is 19.0 Å². The van der Waals surface area contributed by atoms with E-state index < -0.39 is 5.91 Å². The summed E-state index contributed by atoms with van der Waals surface area (Å²) < 4.78 is 1.70. The van der Waals surface area contributed by atoms with Crippen molar-refractivity contribution in [3.8, 4) is 17.1 Å². The van der Waals surface area contributed by atoms with Gasteiger partial charge < -0.3 is 10.4 Å². The van der Waals surface area contributed by atoms with Gasteiger partial charge in [-0.2, -0.15) is 0 Å². The highest BCUT2D eigenvalue weighted by molar-refractivity contribution is 5.91. The van der Waals surface area contributed by atoms with Gasteiger partial charge in [-0.3, -0.25) is 4.79 Å². The van der Waals surface area contributed by atoms with Gasteiger partial charge in [0.1, 0.15) is 0 Å². The third-order valence-corrected chi connectivity index (χ3v) is 4.04. The van der Waals surface area contributed by atoms with Crippen LogP contribution in [0.3, 0.4) is 0 Å². The molecule has 3 rings (SSSR count). The molecule has 2 N–H and O–H groups in total. The summed E-state index contributed by atoms with van der Waals surface area (Å²) in [5.41, 5.74) is 3.97. The van der Waals surface area contributed by atoms with Crippen molar-refractivity contribution < 1.29 is 9.90 Å². The number of aliphatic hydroxyl groups is 1. The van der Waals surface area contributed by atoms with E-state index in [0.717, 1.165) is 22.4 Å². The maximum atomic E-state index is 12.2. The number of hydrogen-bond donors (Lipinski definition) is 2. The fraction of sp³-hybridized carbons (Fsp3) is 0.211. The molecular weight excluding hydrogens is 316 g/mol. The second-order valence-corrected chi connectivity index (χ2v) is 5.74. The molecule has 6 nitrogen and oxygen atoms in total. The maximum Gasteiger partial charge on any atom is 0.291 e. The lowest BCUT2D eigenvalue weighted by molar-refractivity contribution is 0.0934. The van der Waals surface area contributed by atoms with E-state index in [1.165, 1.54) is 0 Å². The monoisotopic (exact) mass is 336 g/mol. The second kappa shape index (κ2) is 7.27. The lowest BCUT2D eigenvalue weighted by atomic mass is 10.1. The molecule has 25 heavy (non-hydrogen) atoms. The quantitative estimate of drug-likeness (QED) is 0.749. The summed E-state index contributed by atoms with van der Waals surface area (Å²) in [5, 5.41) is 15.9. The van der Waals surface area contributed by atoms with E-state index in [9.17, 15) is 4.79 Å². The number of hydrogen-bond acceptors (Lipinski definition) is 4. The second-order valence-electron chi connectivity index (χ2n) is 5.74. The minimum absolute atomic E-state index is 0.0770. The number of carbonyl (C=O) groups excluding carboxylic acids is 1. The number of rotatable bonds is 5. The van der Waals surface area contributed by atoms with E-state index in [2.05, 4.69) is 15.4 Å². The molecule has 2 aromatic carbocycles. The van der Waals surface area contributed by atoms with Crippen molar-refractivity contribution in [1.29, 1.82) is 0 Å². The zero-order chi connectivity index (χ0) is 17.8. The molecular formula is C19H20N4O2. The average molecular weight is 336 g/mol. The van der Waals surface area contributed by atoms with Gasteiger partial charge in [-0.1, -0.05) is 42.5 Å². The molecule has 1 heterocycles. The van der Waals surface area contributed by atoms with Crippen molar-refractivity contribution in [3.63, 3.8) is 0 Å². The smallest absolute Gasteiger partial charge is 0.291 e. The molecule has 0 aliphatic heterocycles. The predicted molar refractivity (Wildman–Crippen MR) is 95.7 cm³/mol. The van der Waals surface area contributed by atoms with Crippen molar-refractivity contribution in [2.75, 3.05) is 13.2 Å². The molecule has 3 aromatic rings. The Hall–Kier alpha value is -2.99. The molecule has 0 spiro atoms. The number of nitrogens with zero attached hydrogens (tertiary/aromatic N) is 3. The first-order chi connectivity index (χ1) is 12.1. The van der Waals surface area contributed by atoms with Crippen LogP contribution in [0, 0.1) is 13.8 Å². The minimum Gasteiger partial charge on any atom is -0.395 e. The maximum absolute atomic E-state index is 12.2. The lowest BCUT2D eigenvalue weighted by Gasteiger charge is -2.10. The van der Waals surface area contributed by atoms with E-state index in [1.807, 2.05) is 62.4 Å². The van der Waals surface area contributed by atoms with Gasteiger partial charge in [0.05, 0.1) is 12.3 Å². The molecule has 0 saturated heterocycles. The third kappa shape index (κ3) is 3.44. The Morgan fingerprint density at radius 1 is 1.12 bits per heavy atom. The number of benzene rings is 2. The number of nitrogens with one attached hydrogen (secondary N) is 1. The number of carbonyl (C=O) groups is 1. The number of aliphatic hydroxyl groups excluding tert-OH is 1. The lowest BCUT2D eigenvalue weighted by Crippen LogP contribution is -2.27. The van der Waals surface area contributed by atoms with Crippen molar-refractivity contribution in [2.45, 2.75) is 13.8 Å². The van der Waals surface area contributed by atoms with Gasteiger partial charge in [0.2, 0.25) is 5.82 Å². The van der Waals surface area contributed by atoms with Crippen LogP contribution >= 0.6 is 0 Å². The average Bonchev–Trinajstić information content (AvgIpc) is 3.08. The van der Waals surface area contributed by atoms with Gasteiger partial charge in [0.15, 0.2) is 5.82 Å². The summed E-state index contributed by atoms with van der Waals surface area (Å²) in [6.07, 6.45) is 0. The fourth-order valence-corrected chi connectivity index (χ4v) is 2.56. The minimum atomic E-state index is -0.407. The van der Waals surface area contributed by atoms with Crippen LogP contribution in [0.15, 0.2) is 48.5 Å². The van der Waals surface area contributed by atoms with Gasteiger partial charge >= 0.3 is 0 Å². The molecule has 0 radical (unpaired) electrons. The Morgan fingerprint density at radius 3 is 2.60 bits per heavy atom. The van der Waals surface area contributed by atoms with Crippen LogP contribution in [0.25, 0.3) is 17.1 Å². The molecule has 1 aromatic heterocycles. The third-order valence-electron chi connectivity index (χ3n) is 4.04. The van der Waals surface area contributed by atoms with Crippen LogP contribution in [0.1, 0.15) is 21.7 Å². The summed E-state index contributed by atoms with van der Waals surface area (Å²) >= 11 is 0. The van der Waals surface area contributed by atoms with Gasteiger partial charge in [-0.15, -0.1) is 5.10 Å². The molecule has 1 amide bonds. The number of amides is 1. The summed E-state index contributed by atoms with van der Waals surface area (Å²) in [6, 6.07) is 15.6. The van der Waals surface area contributed by atoms with E-state index in [1.54, 1.807) is 4.68 Å². The molecule has 0 atom stereocenters. The SMILES string of the molecule is Cc1cccc(-n2nc(C(=O)NCCO)nc2-c2ccccc2)c1C. The standard InChI is InChI=1S/C19H20N4O2/c1-13-7-6-10-16(14(13)2)23-18(15-8-4-3-5-9-15)21-17(22-23)19(25)20-11-12-24/h3-10,24H,11-12H2,1-2H3,(H,20,25). The molecule has 0 bridgehead atoms. The molecule has 0 unspecified atom stereocenters. The zero-order valence-corrected chi connectivity index (χ0v) is 14.2. The summed E-state index contributed by atoms with van der Waals surface area (Å²) in [5.74, 6) is 0.270. The van der Waals surface area contributed by atoms with Crippen LogP contribution in [0.4, 0.5) is 0 Å². The first kappa shape index (κ1) is 16.9. The number of aromatic nitrogens is 3. The Bertz CT molecular complexity index is 888. The molecule has 0 fully saturated rings. The first-order valence-electron chi connectivity index (χ1n) is 8.10. The largest absolute Gasteiger partial charge is 0.395 e. The van der Waals surface area contributed by atoms with Crippen LogP contribution in [0.5, 0.6) is 0 Å². The molecule has 6 heteroatoms. The first-order valence-corrected chi connectivity index (χ1v) is 8.10. The Labute approximate surface area is 146 Å². The van der Waals surface area contributed by atoms with Crippen molar-refractivity contribution in [3.05, 3.63) is 65.5 Å². The molecule has 0 aliphatic rings. The Kier molecular flexibility index (Phi) is 4.90. The van der Waals surface area contributed by atoms with Crippen LogP contribution in [-0.2, 0) is 0 Å². The van der Waals surface area contributed by atoms with Crippen molar-refractivity contribution >= 4 is 5.91 Å². The van der Waals surface area contributed by atoms with E-state index in [4.69, 9.17) is 5.11 Å². The molecule has 0 saturated carbocycles. The summed E-state index contributed by atoms with van der Waals surface area (Å²) in [6.45, 7) is 4.09. The van der Waals surface area contributed by atoms with Crippen molar-refractivity contribution in [2.24, 2.45) is 0 Å². The van der Waals surface area contributed by atoms with Crippen LogP contribution in [-0.4, -0.2) is 38.9 Å². The van der Waals surface area contributed by atoms with Gasteiger partial charge in [0, 0.05) is 12.1 Å². The normalized spacial score (nSPS) is 10.7. The van der Waals surface area contributed by atoms with Gasteiger partial charge in [-0.05, 0) is 31.0 Å². The highest BCUT2D eigenvalue weighted by Crippen LogP contribution is 2.24. The highest BCUT2D eigenvalue weighted by atomic mass is 16.3. The number of aryl methyl sites for hydroxylation is 1. The summed E-state index contributed by atoms with van der Waals surface area (Å²) in [7, 11) is 0. The van der Waals surface area contributed by atoms with Gasteiger partial charge in [-0.25, -0.2) is 9.67 Å². The van der Waals surface area contributed by atoms with Crippen LogP contribution < -0.4 is 5.32 Å². The Balaban J connectivity index is 2.14. The topological polar surface area (TPSA) is 80.0 Å². The van der Waals surface area contributed by atoms with Crippen LogP contribution in [0.2, 0.25) is 0 Å². The van der Waals surface area contributed by atoms with Crippen molar-refractivity contribution in [1.82, 2.24) is 20.1 Å². The summed E-state index contributed by atoms with van der Waals surface area (Å²) in [4.78, 5) is 16.7. The fourth-order valence-electron chi connectivity index (χ4n) is 2.56. The molecule has 128 valence electrons. The van der Waals surface area contributed by atoms with E-state index in [0.29, 0.717) is 5.82 Å². The van der Waals surface area contributed by atoms with Gasteiger partial charge in [0.25, 0.3) is 5.91 Å². The predicted octanol–water partition coefficient (Wildman–Crippen LogP) is 2.27.